The minimum atomic E-state index is -0.733. The van der Waals surface area contributed by atoms with Gasteiger partial charge in [-0.2, -0.15) is 0 Å². The van der Waals surface area contributed by atoms with Crippen molar-refractivity contribution < 1.29 is 14.4 Å². The molecule has 0 saturated carbocycles. The first-order valence-corrected chi connectivity index (χ1v) is 9.55. The van der Waals surface area contributed by atoms with E-state index in [2.05, 4.69) is 21.3 Å². The van der Waals surface area contributed by atoms with Crippen LogP contribution in [0.3, 0.4) is 0 Å². The molecule has 2 aliphatic heterocycles. The fraction of sp³-hybridized carbons (Fsp3) is 0.579. The minimum Gasteiger partial charge on any atom is -0.371 e. The summed E-state index contributed by atoms with van der Waals surface area (Å²) in [5.74, 6) is -0.959. The first-order chi connectivity index (χ1) is 13.0. The number of piperidine rings is 1. The smallest absolute Gasteiger partial charge is 0.324 e. The number of likely N-dealkylation sites (N-methyl/N-ethyl adjacent to an activating group) is 1. The highest BCUT2D eigenvalue weighted by Crippen LogP contribution is 2.23. The summed E-state index contributed by atoms with van der Waals surface area (Å²) in [7, 11) is 0. The largest absolute Gasteiger partial charge is 0.371 e. The summed E-state index contributed by atoms with van der Waals surface area (Å²) in [5.41, 5.74) is 2.19. The fourth-order valence-corrected chi connectivity index (χ4v) is 3.62. The van der Waals surface area contributed by atoms with Gasteiger partial charge >= 0.3 is 17.8 Å². The lowest BCUT2D eigenvalue weighted by Crippen LogP contribution is -2.58. The molecule has 146 valence electrons. The van der Waals surface area contributed by atoms with Crippen molar-refractivity contribution in [2.24, 2.45) is 5.92 Å². The molecular formula is C19H27N5O3. The molecule has 0 aromatic carbocycles. The Morgan fingerprint density at radius 1 is 1.19 bits per heavy atom. The zero-order chi connectivity index (χ0) is 19.4. The number of hydrogen-bond donors (Lipinski definition) is 1. The molecule has 8 heteroatoms. The molecule has 1 aromatic heterocycles. The van der Waals surface area contributed by atoms with Gasteiger partial charge in [0.25, 0.3) is 0 Å². The van der Waals surface area contributed by atoms with Gasteiger partial charge in [0.15, 0.2) is 0 Å². The van der Waals surface area contributed by atoms with Crippen LogP contribution < -0.4 is 10.2 Å². The highest BCUT2D eigenvalue weighted by atomic mass is 16.2. The van der Waals surface area contributed by atoms with E-state index in [-0.39, 0.29) is 6.54 Å². The van der Waals surface area contributed by atoms with Crippen LogP contribution in [0.15, 0.2) is 18.3 Å². The van der Waals surface area contributed by atoms with Gasteiger partial charge in [0.2, 0.25) is 0 Å². The summed E-state index contributed by atoms with van der Waals surface area (Å²) < 4.78 is 0. The Kier molecular flexibility index (Phi) is 5.93. The maximum atomic E-state index is 12.3. The van der Waals surface area contributed by atoms with Crippen LogP contribution in [0.25, 0.3) is 0 Å². The minimum absolute atomic E-state index is 0.254. The summed E-state index contributed by atoms with van der Waals surface area (Å²) >= 11 is 0. The topological polar surface area (TPSA) is 85.8 Å². The monoisotopic (exact) mass is 373 g/mol. The molecule has 0 radical (unpaired) electrons. The lowest BCUT2D eigenvalue weighted by atomic mass is 9.96. The molecule has 2 fully saturated rings. The molecule has 0 aliphatic carbocycles. The van der Waals surface area contributed by atoms with Crippen molar-refractivity contribution >= 4 is 23.5 Å². The lowest BCUT2D eigenvalue weighted by molar-refractivity contribution is -0.153. The van der Waals surface area contributed by atoms with Crippen molar-refractivity contribution in [2.75, 3.05) is 44.2 Å². The summed E-state index contributed by atoms with van der Waals surface area (Å²) in [6.45, 7) is 7.32. The number of amides is 4. The quantitative estimate of drug-likeness (QED) is 0.796. The number of aromatic nitrogens is 1. The van der Waals surface area contributed by atoms with E-state index in [1.807, 2.05) is 26.1 Å². The van der Waals surface area contributed by atoms with Crippen LogP contribution in [0.2, 0.25) is 0 Å². The van der Waals surface area contributed by atoms with Gasteiger partial charge < -0.3 is 15.1 Å². The number of rotatable bonds is 4. The van der Waals surface area contributed by atoms with Gasteiger partial charge in [-0.3, -0.25) is 19.5 Å². The zero-order valence-electron chi connectivity index (χ0n) is 16.0. The standard InChI is InChI=1S/C19H27N5O3/c1-3-22-10-11-24(18(26)17(22)25)19(27)21-13-15-5-8-23(9-6-15)16-4-7-20-14(2)12-16/h4,7,12,15H,3,5-6,8-11,13H2,1-2H3,(H,21,27). The van der Waals surface area contributed by atoms with E-state index >= 15 is 0 Å². The number of carbonyl (C=O) groups is 3. The Balaban J connectivity index is 1.45. The first kappa shape index (κ1) is 19.1. The Bertz CT molecular complexity index is 715. The van der Waals surface area contributed by atoms with E-state index in [1.165, 1.54) is 10.6 Å². The molecule has 4 amide bonds. The number of urea groups is 1. The van der Waals surface area contributed by atoms with Crippen molar-refractivity contribution in [3.8, 4) is 0 Å². The normalized spacial score (nSPS) is 18.8. The van der Waals surface area contributed by atoms with Gasteiger partial charge in [0.1, 0.15) is 0 Å². The Morgan fingerprint density at radius 3 is 2.59 bits per heavy atom. The van der Waals surface area contributed by atoms with E-state index < -0.39 is 17.8 Å². The summed E-state index contributed by atoms with van der Waals surface area (Å²) in [6.07, 6.45) is 3.77. The van der Waals surface area contributed by atoms with E-state index in [9.17, 15) is 14.4 Å². The van der Waals surface area contributed by atoms with E-state index in [0.717, 1.165) is 36.5 Å². The first-order valence-electron chi connectivity index (χ1n) is 9.55. The highest BCUT2D eigenvalue weighted by Gasteiger charge is 2.35. The molecular weight excluding hydrogens is 346 g/mol. The van der Waals surface area contributed by atoms with Gasteiger partial charge in [0, 0.05) is 56.8 Å². The van der Waals surface area contributed by atoms with Crippen LogP contribution in [0.4, 0.5) is 10.5 Å². The second kappa shape index (κ2) is 8.37. The summed E-state index contributed by atoms with van der Waals surface area (Å²) in [4.78, 5) is 45.4. The third-order valence-corrected chi connectivity index (χ3v) is 5.34. The Labute approximate surface area is 159 Å². The fourth-order valence-electron chi connectivity index (χ4n) is 3.62. The van der Waals surface area contributed by atoms with Crippen molar-refractivity contribution in [3.05, 3.63) is 24.0 Å². The molecule has 0 unspecified atom stereocenters. The number of pyridine rings is 1. The number of nitrogens with zero attached hydrogens (tertiary/aromatic N) is 4. The molecule has 1 N–H and O–H groups in total. The van der Waals surface area contributed by atoms with Crippen LogP contribution in [0.5, 0.6) is 0 Å². The van der Waals surface area contributed by atoms with Crippen LogP contribution in [0, 0.1) is 12.8 Å². The number of piperazine rings is 1. The molecule has 0 spiro atoms. The lowest BCUT2D eigenvalue weighted by Gasteiger charge is -2.35. The van der Waals surface area contributed by atoms with E-state index in [1.54, 1.807) is 0 Å². The predicted molar refractivity (Wildman–Crippen MR) is 101 cm³/mol. The van der Waals surface area contributed by atoms with Gasteiger partial charge in [0.05, 0.1) is 0 Å². The molecule has 3 rings (SSSR count). The SMILES string of the molecule is CCN1CCN(C(=O)NCC2CCN(c3ccnc(C)c3)CC2)C(=O)C1=O. The van der Waals surface area contributed by atoms with Crippen LogP contribution in [-0.2, 0) is 9.59 Å². The number of hydrogen-bond acceptors (Lipinski definition) is 5. The van der Waals surface area contributed by atoms with Gasteiger partial charge in [-0.05, 0) is 44.7 Å². The maximum Gasteiger partial charge on any atom is 0.324 e. The Hall–Kier alpha value is -2.64. The average molecular weight is 373 g/mol. The second-order valence-corrected chi connectivity index (χ2v) is 7.11. The number of aryl methyl sites for hydroxylation is 1. The van der Waals surface area contributed by atoms with Gasteiger partial charge in [-0.25, -0.2) is 4.79 Å². The molecule has 2 aliphatic rings. The number of carbonyl (C=O) groups excluding carboxylic acids is 3. The third kappa shape index (κ3) is 4.37. The van der Waals surface area contributed by atoms with Gasteiger partial charge in [-0.1, -0.05) is 0 Å². The average Bonchev–Trinajstić information content (AvgIpc) is 2.68. The van der Waals surface area contributed by atoms with Crippen LogP contribution in [0.1, 0.15) is 25.5 Å². The summed E-state index contributed by atoms with van der Waals surface area (Å²) in [5, 5.41) is 2.84. The number of imide groups is 1. The second-order valence-electron chi connectivity index (χ2n) is 7.11. The summed E-state index contributed by atoms with van der Waals surface area (Å²) in [6, 6.07) is 3.64. The van der Waals surface area contributed by atoms with Crippen molar-refractivity contribution in [1.82, 2.24) is 20.1 Å². The molecule has 0 atom stereocenters. The molecule has 2 saturated heterocycles. The highest BCUT2D eigenvalue weighted by molar-refractivity contribution is 6.38. The van der Waals surface area contributed by atoms with Gasteiger partial charge in [-0.15, -0.1) is 0 Å². The van der Waals surface area contributed by atoms with Crippen molar-refractivity contribution in [2.45, 2.75) is 26.7 Å². The van der Waals surface area contributed by atoms with E-state index in [4.69, 9.17) is 0 Å². The molecule has 1 aromatic rings. The number of nitrogens with one attached hydrogen (secondary N) is 1. The van der Waals surface area contributed by atoms with Crippen LogP contribution >= 0.6 is 0 Å². The Morgan fingerprint density at radius 2 is 1.93 bits per heavy atom. The molecule has 3 heterocycles. The molecule has 8 nitrogen and oxygen atoms in total. The molecule has 0 bridgehead atoms. The zero-order valence-corrected chi connectivity index (χ0v) is 16.0. The van der Waals surface area contributed by atoms with Crippen LogP contribution in [-0.4, -0.2) is 71.9 Å². The number of anilines is 1. The molecule has 27 heavy (non-hydrogen) atoms. The third-order valence-electron chi connectivity index (χ3n) is 5.34. The predicted octanol–water partition coefficient (Wildman–Crippen LogP) is 1.01. The van der Waals surface area contributed by atoms with Crippen molar-refractivity contribution in [3.63, 3.8) is 0 Å². The van der Waals surface area contributed by atoms with E-state index in [0.29, 0.717) is 25.6 Å². The maximum absolute atomic E-state index is 12.3. The van der Waals surface area contributed by atoms with Crippen molar-refractivity contribution in [1.29, 1.82) is 0 Å².